The molecule has 0 aliphatic carbocycles. The summed E-state index contributed by atoms with van der Waals surface area (Å²) in [7, 11) is 2.03. The summed E-state index contributed by atoms with van der Waals surface area (Å²) in [5.41, 5.74) is 0. The first-order valence-corrected chi connectivity index (χ1v) is 4.43. The van der Waals surface area contributed by atoms with Crippen LogP contribution in [0.3, 0.4) is 0 Å². The highest BCUT2D eigenvalue weighted by Crippen LogP contribution is 1.95. The number of hydrogen-bond acceptors (Lipinski definition) is 0. The number of unbranched alkanes of at least 4 members (excludes halogenated alkanes) is 1. The van der Waals surface area contributed by atoms with E-state index in [0.29, 0.717) is 0 Å². The molecule has 4 heteroatoms. The lowest BCUT2D eigenvalue weighted by Crippen LogP contribution is -3.00. The number of halogens is 2. The van der Waals surface area contributed by atoms with Crippen LogP contribution in [0.5, 0.6) is 0 Å². The normalized spacial score (nSPS) is 9.50. The Labute approximate surface area is 88.9 Å². The average Bonchev–Trinajstić information content (AvgIpc) is 2.37. The van der Waals surface area contributed by atoms with Crippen LogP contribution < -0.4 is 21.5 Å². The first-order chi connectivity index (χ1) is 5.33. The Balaban J connectivity index is 0.00000121. The maximum Gasteiger partial charge on any atom is 0.243 e. The van der Waals surface area contributed by atoms with E-state index in [1.165, 1.54) is 0 Å². The van der Waals surface area contributed by atoms with Gasteiger partial charge in [0, 0.05) is 5.88 Å². The minimum atomic E-state index is 0. The van der Waals surface area contributed by atoms with Crippen molar-refractivity contribution in [3.63, 3.8) is 0 Å². The van der Waals surface area contributed by atoms with E-state index >= 15 is 0 Å². The predicted molar refractivity (Wildman–Crippen MR) is 45.6 cm³/mol. The Morgan fingerprint density at radius 1 is 1.42 bits per heavy atom. The zero-order chi connectivity index (χ0) is 8.10. The molecule has 0 amide bonds. The molecule has 0 saturated carbocycles. The standard InChI is InChI=1S/C8H14ClN2.BrH/c1-10-6-7-11(8-10)5-3-2-4-9;/h6-8H,2-5H2,1H3;1H/q+1;/p-1. The topological polar surface area (TPSA) is 8.81 Å². The van der Waals surface area contributed by atoms with Gasteiger partial charge in [0.05, 0.1) is 13.6 Å². The number of aryl methyl sites for hydroxylation is 2. The lowest BCUT2D eigenvalue weighted by Gasteiger charge is -1.92. The van der Waals surface area contributed by atoms with Gasteiger partial charge in [-0.25, -0.2) is 9.13 Å². The number of alkyl halides is 1. The van der Waals surface area contributed by atoms with Crippen molar-refractivity contribution < 1.29 is 21.5 Å². The first-order valence-electron chi connectivity index (χ1n) is 3.90. The van der Waals surface area contributed by atoms with Crippen molar-refractivity contribution >= 4 is 11.6 Å². The third kappa shape index (κ3) is 4.12. The van der Waals surface area contributed by atoms with Crippen molar-refractivity contribution in [1.29, 1.82) is 0 Å². The number of aromatic nitrogens is 2. The van der Waals surface area contributed by atoms with Crippen LogP contribution in [0.4, 0.5) is 0 Å². The highest BCUT2D eigenvalue weighted by atomic mass is 79.9. The molecule has 70 valence electrons. The molecule has 0 saturated heterocycles. The van der Waals surface area contributed by atoms with Crippen molar-refractivity contribution in [3.05, 3.63) is 18.7 Å². The smallest absolute Gasteiger partial charge is 0.243 e. The van der Waals surface area contributed by atoms with E-state index in [0.717, 1.165) is 25.3 Å². The highest BCUT2D eigenvalue weighted by Gasteiger charge is 1.97. The summed E-state index contributed by atoms with van der Waals surface area (Å²) in [5, 5.41) is 0. The molecule has 0 fully saturated rings. The molecule has 1 heterocycles. The zero-order valence-electron chi connectivity index (χ0n) is 7.21. The minimum absolute atomic E-state index is 0. The molecular weight excluding hydrogens is 239 g/mol. The Kier molecular flexibility index (Phi) is 6.48. The lowest BCUT2D eigenvalue weighted by atomic mass is 10.3. The molecule has 2 nitrogen and oxygen atoms in total. The van der Waals surface area contributed by atoms with Crippen LogP contribution >= 0.6 is 11.6 Å². The van der Waals surface area contributed by atoms with E-state index in [-0.39, 0.29) is 17.0 Å². The van der Waals surface area contributed by atoms with Crippen molar-refractivity contribution in [1.82, 2.24) is 4.57 Å². The number of rotatable bonds is 4. The SMILES string of the molecule is C[n+]1ccn(CCCCCl)c1.[Br-]. The summed E-state index contributed by atoms with van der Waals surface area (Å²) in [4.78, 5) is 0. The fourth-order valence-electron chi connectivity index (χ4n) is 1.02. The van der Waals surface area contributed by atoms with Crippen molar-refractivity contribution in [2.24, 2.45) is 7.05 Å². The van der Waals surface area contributed by atoms with E-state index in [9.17, 15) is 0 Å². The molecule has 0 N–H and O–H groups in total. The van der Waals surface area contributed by atoms with Gasteiger partial charge in [-0.05, 0) is 12.8 Å². The number of nitrogens with zero attached hydrogens (tertiary/aromatic N) is 2. The summed E-state index contributed by atoms with van der Waals surface area (Å²) in [6, 6.07) is 0. The van der Waals surface area contributed by atoms with Gasteiger partial charge in [-0.1, -0.05) is 0 Å². The van der Waals surface area contributed by atoms with Gasteiger partial charge in [-0.2, -0.15) is 0 Å². The van der Waals surface area contributed by atoms with Crippen LogP contribution in [0.25, 0.3) is 0 Å². The van der Waals surface area contributed by atoms with Crippen LogP contribution in [0.2, 0.25) is 0 Å². The second-order valence-corrected chi connectivity index (χ2v) is 3.09. The van der Waals surface area contributed by atoms with Gasteiger partial charge in [-0.15, -0.1) is 11.6 Å². The van der Waals surface area contributed by atoms with E-state index in [1.54, 1.807) is 0 Å². The van der Waals surface area contributed by atoms with Crippen molar-refractivity contribution in [3.8, 4) is 0 Å². The molecule has 1 aromatic heterocycles. The Bertz CT molecular complexity index is 213. The van der Waals surface area contributed by atoms with E-state index in [4.69, 9.17) is 11.6 Å². The largest absolute Gasteiger partial charge is 1.00 e. The third-order valence-corrected chi connectivity index (χ3v) is 1.89. The monoisotopic (exact) mass is 252 g/mol. The lowest BCUT2D eigenvalue weighted by molar-refractivity contribution is -0.671. The van der Waals surface area contributed by atoms with E-state index < -0.39 is 0 Å². The summed E-state index contributed by atoms with van der Waals surface area (Å²) < 4.78 is 4.22. The number of imidazole rings is 1. The third-order valence-electron chi connectivity index (χ3n) is 1.62. The summed E-state index contributed by atoms with van der Waals surface area (Å²) in [5.74, 6) is 0.771. The van der Waals surface area contributed by atoms with Crippen LogP contribution in [-0.4, -0.2) is 10.4 Å². The minimum Gasteiger partial charge on any atom is -1.00 e. The molecular formula is C8H14BrClN2. The summed E-state index contributed by atoms with van der Waals surface area (Å²) in [6.45, 7) is 1.08. The molecule has 0 unspecified atom stereocenters. The second kappa shape index (κ2) is 6.49. The van der Waals surface area contributed by atoms with Gasteiger partial charge in [0.15, 0.2) is 0 Å². The summed E-state index contributed by atoms with van der Waals surface area (Å²) >= 11 is 5.56. The molecule has 12 heavy (non-hydrogen) atoms. The van der Waals surface area contributed by atoms with Crippen molar-refractivity contribution in [2.45, 2.75) is 19.4 Å². The Morgan fingerprint density at radius 3 is 2.67 bits per heavy atom. The molecule has 0 atom stereocenters. The molecule has 1 rings (SSSR count). The second-order valence-electron chi connectivity index (χ2n) is 2.71. The van der Waals surface area contributed by atoms with Crippen molar-refractivity contribution in [2.75, 3.05) is 5.88 Å². The van der Waals surface area contributed by atoms with Gasteiger partial charge in [-0.3, -0.25) is 0 Å². The van der Waals surface area contributed by atoms with Crippen LogP contribution in [0.1, 0.15) is 12.8 Å². The molecule has 0 aromatic carbocycles. The number of hydrogen-bond donors (Lipinski definition) is 0. The van der Waals surface area contributed by atoms with E-state index in [1.807, 2.05) is 17.8 Å². The van der Waals surface area contributed by atoms with Gasteiger partial charge >= 0.3 is 0 Å². The maximum absolute atomic E-state index is 5.56. The van der Waals surface area contributed by atoms with Crippen LogP contribution in [0.15, 0.2) is 18.7 Å². The Hall–Kier alpha value is -0.0200. The van der Waals surface area contributed by atoms with Gasteiger partial charge in [0.2, 0.25) is 6.33 Å². The van der Waals surface area contributed by atoms with Crippen LogP contribution in [-0.2, 0) is 13.6 Å². The fourth-order valence-corrected chi connectivity index (χ4v) is 1.21. The van der Waals surface area contributed by atoms with E-state index in [2.05, 4.69) is 17.1 Å². The maximum atomic E-state index is 5.56. The molecule has 0 radical (unpaired) electrons. The summed E-state index contributed by atoms with van der Waals surface area (Å²) in [6.07, 6.45) is 8.46. The molecule has 0 aliphatic heterocycles. The molecule has 1 aromatic rings. The van der Waals surface area contributed by atoms with Crippen LogP contribution in [0, 0.1) is 0 Å². The predicted octanol–water partition coefficient (Wildman–Crippen LogP) is -1.66. The average molecular weight is 254 g/mol. The zero-order valence-corrected chi connectivity index (χ0v) is 9.55. The van der Waals surface area contributed by atoms with Gasteiger partial charge < -0.3 is 17.0 Å². The molecule has 0 spiro atoms. The Morgan fingerprint density at radius 2 is 2.17 bits per heavy atom. The van der Waals surface area contributed by atoms with Gasteiger partial charge in [0.25, 0.3) is 0 Å². The quantitative estimate of drug-likeness (QED) is 0.345. The van der Waals surface area contributed by atoms with Gasteiger partial charge in [0.1, 0.15) is 12.4 Å². The first kappa shape index (κ1) is 12.0. The molecule has 0 aliphatic rings. The molecule has 0 bridgehead atoms. The highest BCUT2D eigenvalue weighted by molar-refractivity contribution is 6.17. The fraction of sp³-hybridized carbons (Fsp3) is 0.625.